The van der Waals surface area contributed by atoms with Crippen molar-refractivity contribution in [1.29, 1.82) is 0 Å². The molecule has 0 unspecified atom stereocenters. The summed E-state index contributed by atoms with van der Waals surface area (Å²) in [6, 6.07) is 8.41. The van der Waals surface area contributed by atoms with E-state index in [-0.39, 0.29) is 16.4 Å². The molecule has 6 nitrogen and oxygen atoms in total. The molecule has 1 aromatic heterocycles. The molecule has 0 spiro atoms. The van der Waals surface area contributed by atoms with Crippen LogP contribution in [0.1, 0.15) is 29.2 Å². The number of hydrogen-bond acceptors (Lipinski definition) is 4. The summed E-state index contributed by atoms with van der Waals surface area (Å²) in [7, 11) is -3.61. The van der Waals surface area contributed by atoms with E-state index in [0.717, 1.165) is 17.3 Å². The van der Waals surface area contributed by atoms with Crippen molar-refractivity contribution in [2.24, 2.45) is 0 Å². The van der Waals surface area contributed by atoms with Crippen molar-refractivity contribution in [3.63, 3.8) is 0 Å². The number of hydrogen-bond donors (Lipinski definition) is 1. The third-order valence-corrected chi connectivity index (χ3v) is 6.36. The summed E-state index contributed by atoms with van der Waals surface area (Å²) in [4.78, 5) is 12.4. The van der Waals surface area contributed by atoms with Crippen LogP contribution in [-0.4, -0.2) is 31.7 Å². The maximum absolute atomic E-state index is 12.6. The Kier molecular flexibility index (Phi) is 4.80. The van der Waals surface area contributed by atoms with Gasteiger partial charge in [0.25, 0.3) is 5.91 Å². The number of anilines is 1. The topological polar surface area (TPSA) is 79.6 Å². The van der Waals surface area contributed by atoms with E-state index >= 15 is 0 Å². The normalized spacial score (nSPS) is 15.6. The third kappa shape index (κ3) is 3.40. The summed E-state index contributed by atoms with van der Waals surface area (Å²) < 4.78 is 32.9. The number of nitrogens with zero attached hydrogens (tertiary/aromatic N) is 1. The monoisotopic (exact) mass is 412 g/mol. The number of amides is 1. The quantitative estimate of drug-likeness (QED) is 0.834. The minimum atomic E-state index is -3.61. The molecular formula is C16H17BrN2O4S. The number of carbonyl (C=O) groups excluding carboxylic acids is 1. The second kappa shape index (κ2) is 6.70. The molecule has 3 rings (SSSR count). The van der Waals surface area contributed by atoms with Crippen molar-refractivity contribution < 1.29 is 17.6 Å². The molecule has 1 aromatic carbocycles. The maximum atomic E-state index is 12.6. The van der Waals surface area contributed by atoms with Crippen LogP contribution in [0, 0.1) is 6.92 Å². The number of furan rings is 1. The van der Waals surface area contributed by atoms with Gasteiger partial charge in [-0.15, -0.1) is 0 Å². The molecule has 0 saturated carbocycles. The molecule has 1 fully saturated rings. The Hall–Kier alpha value is -1.64. The molecular weight excluding hydrogens is 396 g/mol. The molecule has 0 atom stereocenters. The molecule has 24 heavy (non-hydrogen) atoms. The molecule has 128 valence electrons. The molecule has 2 heterocycles. The highest BCUT2D eigenvalue weighted by molar-refractivity contribution is 9.10. The highest BCUT2D eigenvalue weighted by atomic mass is 79.9. The smallest absolute Gasteiger partial charge is 0.291 e. The van der Waals surface area contributed by atoms with E-state index in [1.54, 1.807) is 25.1 Å². The zero-order valence-electron chi connectivity index (χ0n) is 13.1. The standard InChI is InChI=1S/C16H17BrN2O4S/c1-11-15(24(21,22)19-7-2-3-8-19)10-14(23-11)16(20)18-13-6-4-5-12(17)9-13/h4-6,9-10H,2-3,7-8H2,1H3,(H,18,20). The summed E-state index contributed by atoms with van der Waals surface area (Å²) in [6.45, 7) is 2.57. The molecule has 0 aliphatic carbocycles. The van der Waals surface area contributed by atoms with E-state index in [1.165, 1.54) is 10.4 Å². The zero-order valence-corrected chi connectivity index (χ0v) is 15.5. The van der Waals surface area contributed by atoms with Gasteiger partial charge in [-0.3, -0.25) is 4.79 Å². The van der Waals surface area contributed by atoms with Gasteiger partial charge in [-0.25, -0.2) is 8.42 Å². The Balaban J connectivity index is 1.84. The van der Waals surface area contributed by atoms with Gasteiger partial charge in [0.2, 0.25) is 10.0 Å². The van der Waals surface area contributed by atoms with Crippen LogP contribution in [0.15, 0.2) is 44.1 Å². The minimum Gasteiger partial charge on any atom is -0.455 e. The van der Waals surface area contributed by atoms with Crippen molar-refractivity contribution in [3.8, 4) is 0 Å². The van der Waals surface area contributed by atoms with Gasteiger partial charge in [-0.05, 0) is 38.0 Å². The predicted molar refractivity (Wildman–Crippen MR) is 93.5 cm³/mol. The zero-order chi connectivity index (χ0) is 17.3. The van der Waals surface area contributed by atoms with Crippen LogP contribution in [-0.2, 0) is 10.0 Å². The van der Waals surface area contributed by atoms with Crippen LogP contribution in [0.3, 0.4) is 0 Å². The Labute approximate surface area is 149 Å². The Morgan fingerprint density at radius 1 is 1.25 bits per heavy atom. The molecule has 0 bridgehead atoms. The number of sulfonamides is 1. The van der Waals surface area contributed by atoms with Crippen LogP contribution in [0.5, 0.6) is 0 Å². The van der Waals surface area contributed by atoms with Gasteiger partial charge in [0, 0.05) is 29.3 Å². The van der Waals surface area contributed by atoms with Crippen LogP contribution in [0.2, 0.25) is 0 Å². The SMILES string of the molecule is Cc1oc(C(=O)Nc2cccc(Br)c2)cc1S(=O)(=O)N1CCCC1. The number of nitrogens with one attached hydrogen (secondary N) is 1. The van der Waals surface area contributed by atoms with E-state index in [1.807, 2.05) is 6.07 Å². The first-order chi connectivity index (χ1) is 11.4. The number of halogens is 1. The van der Waals surface area contributed by atoms with E-state index < -0.39 is 15.9 Å². The van der Waals surface area contributed by atoms with E-state index in [0.29, 0.717) is 18.8 Å². The van der Waals surface area contributed by atoms with Crippen molar-refractivity contribution in [1.82, 2.24) is 4.31 Å². The van der Waals surface area contributed by atoms with Crippen molar-refractivity contribution in [2.75, 3.05) is 18.4 Å². The second-order valence-corrected chi connectivity index (χ2v) is 8.43. The largest absolute Gasteiger partial charge is 0.455 e. The number of aryl methyl sites for hydroxylation is 1. The fourth-order valence-corrected chi connectivity index (χ4v) is 4.74. The van der Waals surface area contributed by atoms with Crippen LogP contribution in [0.4, 0.5) is 5.69 Å². The average molecular weight is 413 g/mol. The summed E-state index contributed by atoms with van der Waals surface area (Å²) in [5.74, 6) is -0.286. The number of rotatable bonds is 4. The molecule has 1 aliphatic rings. The lowest BCUT2D eigenvalue weighted by Gasteiger charge is -2.14. The van der Waals surface area contributed by atoms with Gasteiger partial charge in [0.15, 0.2) is 5.76 Å². The molecule has 2 aromatic rings. The number of benzene rings is 1. The summed E-state index contributed by atoms with van der Waals surface area (Å²) >= 11 is 3.33. The van der Waals surface area contributed by atoms with Gasteiger partial charge >= 0.3 is 0 Å². The van der Waals surface area contributed by atoms with Crippen LogP contribution < -0.4 is 5.32 Å². The molecule has 8 heteroatoms. The molecule has 1 aliphatic heterocycles. The summed E-state index contributed by atoms with van der Waals surface area (Å²) in [5.41, 5.74) is 0.590. The molecule has 1 saturated heterocycles. The van der Waals surface area contributed by atoms with Crippen molar-refractivity contribution >= 4 is 37.5 Å². The average Bonchev–Trinajstić information content (AvgIpc) is 3.17. The minimum absolute atomic E-state index is 0.0229. The highest BCUT2D eigenvalue weighted by Crippen LogP contribution is 2.27. The predicted octanol–water partition coefficient (Wildman–Crippen LogP) is 3.39. The van der Waals surface area contributed by atoms with Gasteiger partial charge in [0.05, 0.1) is 0 Å². The second-order valence-electron chi connectivity index (χ2n) is 5.61. The van der Waals surface area contributed by atoms with Crippen LogP contribution >= 0.6 is 15.9 Å². The third-order valence-electron chi connectivity index (χ3n) is 3.86. The van der Waals surface area contributed by atoms with Crippen molar-refractivity contribution in [2.45, 2.75) is 24.7 Å². The Morgan fingerprint density at radius 2 is 1.96 bits per heavy atom. The van der Waals surface area contributed by atoms with Gasteiger partial charge < -0.3 is 9.73 Å². The maximum Gasteiger partial charge on any atom is 0.291 e. The fraction of sp³-hybridized carbons (Fsp3) is 0.312. The Morgan fingerprint density at radius 3 is 2.62 bits per heavy atom. The van der Waals surface area contributed by atoms with Gasteiger partial charge in [0.1, 0.15) is 10.7 Å². The summed E-state index contributed by atoms with van der Waals surface area (Å²) in [6.07, 6.45) is 1.71. The lowest BCUT2D eigenvalue weighted by atomic mass is 10.3. The van der Waals surface area contributed by atoms with Gasteiger partial charge in [-0.1, -0.05) is 22.0 Å². The first-order valence-electron chi connectivity index (χ1n) is 7.55. The van der Waals surface area contributed by atoms with Crippen molar-refractivity contribution in [3.05, 3.63) is 46.3 Å². The lowest BCUT2D eigenvalue weighted by Crippen LogP contribution is -2.28. The molecule has 1 N–H and O–H groups in total. The number of carbonyl (C=O) groups is 1. The Bertz CT molecular complexity index is 870. The van der Waals surface area contributed by atoms with E-state index in [9.17, 15) is 13.2 Å². The molecule has 1 amide bonds. The van der Waals surface area contributed by atoms with E-state index in [2.05, 4.69) is 21.2 Å². The molecule has 0 radical (unpaired) electrons. The highest BCUT2D eigenvalue weighted by Gasteiger charge is 2.31. The fourth-order valence-electron chi connectivity index (χ4n) is 2.66. The van der Waals surface area contributed by atoms with E-state index in [4.69, 9.17) is 4.42 Å². The lowest BCUT2D eigenvalue weighted by molar-refractivity contribution is 0.0995. The van der Waals surface area contributed by atoms with Gasteiger partial charge in [-0.2, -0.15) is 4.31 Å². The first-order valence-corrected chi connectivity index (χ1v) is 9.79. The summed E-state index contributed by atoms with van der Waals surface area (Å²) in [5, 5.41) is 2.69. The first kappa shape index (κ1) is 17.2. The van der Waals surface area contributed by atoms with Crippen LogP contribution in [0.25, 0.3) is 0 Å².